The molecule has 0 aromatic carbocycles. The summed E-state index contributed by atoms with van der Waals surface area (Å²) in [5.74, 6) is 0.174. The van der Waals surface area contributed by atoms with Gasteiger partial charge in [-0.25, -0.2) is 14.6 Å². The molecule has 0 fully saturated rings. The molecule has 0 aliphatic heterocycles. The first-order valence-electron chi connectivity index (χ1n) is 4.51. The van der Waals surface area contributed by atoms with Gasteiger partial charge in [0.05, 0.1) is 22.3 Å². The van der Waals surface area contributed by atoms with Crippen LogP contribution in [0.4, 0.5) is 11.5 Å². The number of nitrogens with one attached hydrogen (secondary N) is 1. The van der Waals surface area contributed by atoms with Gasteiger partial charge in [-0.1, -0.05) is 11.6 Å². The van der Waals surface area contributed by atoms with Crippen LogP contribution in [0.1, 0.15) is 0 Å². The maximum absolute atomic E-state index is 11.0. The molecule has 0 aliphatic carbocycles. The second kappa shape index (κ2) is 4.34. The van der Waals surface area contributed by atoms with E-state index in [1.807, 2.05) is 0 Å². The van der Waals surface area contributed by atoms with Crippen molar-refractivity contribution in [2.45, 2.75) is 0 Å². The highest BCUT2D eigenvalue weighted by atomic mass is 35.5. The first-order valence-corrected chi connectivity index (χ1v) is 4.89. The lowest BCUT2D eigenvalue weighted by Crippen LogP contribution is -2.07. The molecule has 8 nitrogen and oxygen atoms in total. The summed E-state index contributed by atoms with van der Waals surface area (Å²) in [4.78, 5) is 18.0. The Hall–Kier alpha value is -2.22. The molecule has 0 bridgehead atoms. The lowest BCUT2D eigenvalue weighted by Gasteiger charge is -2.04. The monoisotopic (exact) mass is 254 g/mol. The first kappa shape index (κ1) is 11.3. The summed E-state index contributed by atoms with van der Waals surface area (Å²) in [5, 5.41) is 17.9. The fourth-order valence-corrected chi connectivity index (χ4v) is 1.44. The van der Waals surface area contributed by atoms with Gasteiger partial charge in [-0.15, -0.1) is 0 Å². The average molecular weight is 255 g/mol. The van der Waals surface area contributed by atoms with Crippen molar-refractivity contribution in [2.24, 2.45) is 0 Å². The van der Waals surface area contributed by atoms with Gasteiger partial charge < -0.3 is 5.32 Å². The van der Waals surface area contributed by atoms with Crippen molar-refractivity contribution in [3.8, 4) is 5.82 Å². The molecular formula is C8H7ClN6O2. The van der Waals surface area contributed by atoms with Gasteiger partial charge in [0.15, 0.2) is 0 Å². The zero-order valence-corrected chi connectivity index (χ0v) is 9.42. The Morgan fingerprint density at radius 2 is 2.29 bits per heavy atom. The van der Waals surface area contributed by atoms with Gasteiger partial charge in [-0.3, -0.25) is 10.1 Å². The highest BCUT2D eigenvalue weighted by Gasteiger charge is 2.23. The SMILES string of the molecule is CNc1ncnc(-n2cc(Cl)cn2)c1[N+](=O)[O-]. The van der Waals surface area contributed by atoms with E-state index in [0.717, 1.165) is 0 Å². The standard InChI is InChI=1S/C8H7ClN6O2/c1-10-7-6(15(16)17)8(12-4-11-7)14-3-5(9)2-13-14/h2-4H,1H3,(H,10,11,12). The van der Waals surface area contributed by atoms with Crippen LogP contribution in [0.5, 0.6) is 0 Å². The third kappa shape index (κ3) is 2.02. The largest absolute Gasteiger partial charge is 0.367 e. The predicted octanol–water partition coefficient (Wildman–Crippen LogP) is 1.27. The van der Waals surface area contributed by atoms with E-state index >= 15 is 0 Å². The number of aromatic nitrogens is 4. The van der Waals surface area contributed by atoms with Crippen molar-refractivity contribution in [3.63, 3.8) is 0 Å². The van der Waals surface area contributed by atoms with Crippen molar-refractivity contribution in [2.75, 3.05) is 12.4 Å². The highest BCUT2D eigenvalue weighted by Crippen LogP contribution is 2.27. The smallest absolute Gasteiger partial charge is 0.355 e. The minimum Gasteiger partial charge on any atom is -0.367 e. The van der Waals surface area contributed by atoms with Gasteiger partial charge in [0, 0.05) is 7.05 Å². The Balaban J connectivity index is 2.65. The van der Waals surface area contributed by atoms with E-state index in [2.05, 4.69) is 20.4 Å². The van der Waals surface area contributed by atoms with E-state index in [1.54, 1.807) is 0 Å². The molecule has 0 amide bonds. The summed E-state index contributed by atoms with van der Waals surface area (Å²) in [7, 11) is 1.54. The molecule has 0 unspecified atom stereocenters. The lowest BCUT2D eigenvalue weighted by atomic mass is 10.4. The molecule has 0 saturated carbocycles. The zero-order valence-electron chi connectivity index (χ0n) is 8.66. The third-order valence-corrected chi connectivity index (χ3v) is 2.19. The summed E-state index contributed by atoms with van der Waals surface area (Å²) >= 11 is 5.70. The summed E-state index contributed by atoms with van der Waals surface area (Å²) < 4.78 is 1.23. The van der Waals surface area contributed by atoms with Crippen molar-refractivity contribution >= 4 is 23.1 Å². The summed E-state index contributed by atoms with van der Waals surface area (Å²) in [6.07, 6.45) is 4.01. The number of halogens is 1. The van der Waals surface area contributed by atoms with E-state index in [9.17, 15) is 10.1 Å². The van der Waals surface area contributed by atoms with E-state index < -0.39 is 4.92 Å². The fourth-order valence-electron chi connectivity index (χ4n) is 1.30. The van der Waals surface area contributed by atoms with E-state index in [4.69, 9.17) is 11.6 Å². The Morgan fingerprint density at radius 3 is 2.82 bits per heavy atom. The molecule has 0 saturated heterocycles. The number of hydrogen-bond donors (Lipinski definition) is 1. The zero-order chi connectivity index (χ0) is 12.4. The van der Waals surface area contributed by atoms with Crippen LogP contribution in [0.15, 0.2) is 18.7 Å². The van der Waals surface area contributed by atoms with Crippen molar-refractivity contribution in [1.82, 2.24) is 19.7 Å². The van der Waals surface area contributed by atoms with Crippen LogP contribution in [0, 0.1) is 10.1 Å². The maximum Gasteiger partial charge on any atom is 0.355 e. The average Bonchev–Trinajstić information content (AvgIpc) is 2.74. The number of nitrogens with zero attached hydrogens (tertiary/aromatic N) is 5. The normalized spacial score (nSPS) is 10.2. The Morgan fingerprint density at radius 1 is 1.53 bits per heavy atom. The van der Waals surface area contributed by atoms with Crippen LogP contribution in [0.3, 0.4) is 0 Å². The van der Waals surface area contributed by atoms with Crippen LogP contribution in [-0.2, 0) is 0 Å². The highest BCUT2D eigenvalue weighted by molar-refractivity contribution is 6.30. The van der Waals surface area contributed by atoms with Gasteiger partial charge in [-0.2, -0.15) is 5.10 Å². The molecule has 0 radical (unpaired) electrons. The summed E-state index contributed by atoms with van der Waals surface area (Å²) in [5.41, 5.74) is -0.255. The van der Waals surface area contributed by atoms with Crippen LogP contribution >= 0.6 is 11.6 Å². The Bertz CT molecular complexity index is 569. The predicted molar refractivity (Wildman–Crippen MR) is 60.4 cm³/mol. The third-order valence-electron chi connectivity index (χ3n) is 1.99. The number of rotatable bonds is 3. The second-order valence-corrected chi connectivity index (χ2v) is 3.44. The molecule has 0 spiro atoms. The van der Waals surface area contributed by atoms with Crippen molar-refractivity contribution in [1.29, 1.82) is 0 Å². The molecular weight excluding hydrogens is 248 g/mol. The Kier molecular flexibility index (Phi) is 2.88. The lowest BCUT2D eigenvalue weighted by molar-refractivity contribution is -0.384. The van der Waals surface area contributed by atoms with Gasteiger partial charge in [0.2, 0.25) is 11.6 Å². The van der Waals surface area contributed by atoms with E-state index in [0.29, 0.717) is 5.02 Å². The summed E-state index contributed by atoms with van der Waals surface area (Å²) in [6.45, 7) is 0. The van der Waals surface area contributed by atoms with Crippen LogP contribution in [0.25, 0.3) is 5.82 Å². The maximum atomic E-state index is 11.0. The molecule has 88 valence electrons. The molecule has 2 aromatic heterocycles. The van der Waals surface area contributed by atoms with E-state index in [1.165, 1.54) is 30.5 Å². The molecule has 1 N–H and O–H groups in total. The van der Waals surface area contributed by atoms with Crippen LogP contribution < -0.4 is 5.32 Å². The van der Waals surface area contributed by atoms with Crippen LogP contribution in [0.2, 0.25) is 5.02 Å². The number of hydrogen-bond acceptors (Lipinski definition) is 6. The molecule has 2 aromatic rings. The number of anilines is 1. The van der Waals surface area contributed by atoms with Crippen molar-refractivity contribution < 1.29 is 4.92 Å². The van der Waals surface area contributed by atoms with Crippen LogP contribution in [-0.4, -0.2) is 31.7 Å². The minimum absolute atomic E-state index is 0.0567. The van der Waals surface area contributed by atoms with Gasteiger partial charge >= 0.3 is 5.69 Å². The minimum atomic E-state index is -0.573. The molecule has 9 heteroatoms. The molecule has 2 heterocycles. The number of nitro groups is 1. The van der Waals surface area contributed by atoms with Gasteiger partial charge in [0.25, 0.3) is 0 Å². The first-order chi connectivity index (χ1) is 8.13. The fraction of sp³-hybridized carbons (Fsp3) is 0.125. The quantitative estimate of drug-likeness (QED) is 0.654. The Labute approximate surface area is 100 Å². The molecule has 2 rings (SSSR count). The van der Waals surface area contributed by atoms with Crippen molar-refractivity contribution in [3.05, 3.63) is 33.9 Å². The van der Waals surface area contributed by atoms with Gasteiger partial charge in [-0.05, 0) is 0 Å². The molecule has 0 atom stereocenters. The van der Waals surface area contributed by atoms with E-state index in [-0.39, 0.29) is 17.3 Å². The molecule has 0 aliphatic rings. The molecule has 17 heavy (non-hydrogen) atoms. The van der Waals surface area contributed by atoms with Gasteiger partial charge in [0.1, 0.15) is 6.33 Å². The topological polar surface area (TPSA) is 98.8 Å². The second-order valence-electron chi connectivity index (χ2n) is 3.00. The summed E-state index contributed by atoms with van der Waals surface area (Å²) in [6, 6.07) is 0.